The fourth-order valence-corrected chi connectivity index (χ4v) is 3.01. The molecule has 0 fully saturated rings. The van der Waals surface area contributed by atoms with Crippen molar-refractivity contribution in [2.75, 3.05) is 0 Å². The van der Waals surface area contributed by atoms with Gasteiger partial charge in [0.15, 0.2) is 5.60 Å². The largest absolute Gasteiger partial charge is 0.438 e. The van der Waals surface area contributed by atoms with E-state index in [1.807, 2.05) is 48.5 Å². The maximum Gasteiger partial charge on any atom is 0.339 e. The molecule has 0 amide bonds. The van der Waals surface area contributed by atoms with E-state index in [9.17, 15) is 14.9 Å². The zero-order valence-electron chi connectivity index (χ0n) is 16.7. The van der Waals surface area contributed by atoms with Crippen LogP contribution in [0.15, 0.2) is 84.9 Å². The smallest absolute Gasteiger partial charge is 0.339 e. The summed E-state index contributed by atoms with van der Waals surface area (Å²) in [4.78, 5) is 23.1. The summed E-state index contributed by atoms with van der Waals surface area (Å²) < 4.78 is 5.80. The summed E-state index contributed by atoms with van der Waals surface area (Å²) in [5.74, 6) is 8.14. The van der Waals surface area contributed by atoms with E-state index in [1.165, 1.54) is 24.3 Å². The number of nitro benzene ring substituents is 1. The number of carbonyl (C=O) groups excluding carboxylic acids is 1. The van der Waals surface area contributed by atoms with Gasteiger partial charge < -0.3 is 4.74 Å². The van der Waals surface area contributed by atoms with Crippen molar-refractivity contribution in [3.63, 3.8) is 0 Å². The quantitative estimate of drug-likeness (QED) is 0.245. The van der Waals surface area contributed by atoms with Crippen LogP contribution in [-0.2, 0) is 10.3 Å². The van der Waals surface area contributed by atoms with Crippen LogP contribution in [-0.4, -0.2) is 10.9 Å². The highest BCUT2D eigenvalue weighted by molar-refractivity contribution is 5.90. The molecule has 0 aliphatic heterocycles. The Bertz CT molecular complexity index is 1150. The first-order valence-corrected chi connectivity index (χ1v) is 9.59. The fourth-order valence-electron chi connectivity index (χ4n) is 3.01. The molecule has 0 spiro atoms. The Morgan fingerprint density at radius 1 is 0.968 bits per heavy atom. The molecule has 31 heavy (non-hydrogen) atoms. The molecule has 0 aromatic heterocycles. The monoisotopic (exact) mass is 409 g/mol. The summed E-state index contributed by atoms with van der Waals surface area (Å²) in [5, 5.41) is 10.8. The number of non-ortho nitro benzene ring substituents is 1. The maximum atomic E-state index is 12.8. The van der Waals surface area contributed by atoms with Crippen LogP contribution < -0.4 is 0 Å². The summed E-state index contributed by atoms with van der Waals surface area (Å²) in [6, 6.07) is 23.8. The summed E-state index contributed by atoms with van der Waals surface area (Å²) >= 11 is 0. The van der Waals surface area contributed by atoms with Gasteiger partial charge in [-0.05, 0) is 24.3 Å². The van der Waals surface area contributed by atoms with Crippen molar-refractivity contribution in [1.82, 2.24) is 0 Å². The predicted octanol–water partition coefficient (Wildman–Crippen LogP) is 5.11. The number of hydrogen-bond acceptors (Lipinski definition) is 4. The number of rotatable bonds is 6. The lowest BCUT2D eigenvalue weighted by atomic mass is 9.89. The first kappa shape index (κ1) is 21.4. The molecule has 0 bridgehead atoms. The Hall–Kier alpha value is -4.35. The van der Waals surface area contributed by atoms with Gasteiger partial charge in [0, 0.05) is 36.1 Å². The van der Waals surface area contributed by atoms with E-state index in [2.05, 4.69) is 17.8 Å². The molecule has 0 saturated carbocycles. The van der Waals surface area contributed by atoms with E-state index in [0.29, 0.717) is 18.4 Å². The lowest BCUT2D eigenvalue weighted by Crippen LogP contribution is -2.31. The molecule has 3 rings (SSSR count). The third-order valence-corrected chi connectivity index (χ3v) is 4.66. The van der Waals surface area contributed by atoms with Gasteiger partial charge in [0.1, 0.15) is 0 Å². The van der Waals surface area contributed by atoms with Gasteiger partial charge in [-0.1, -0.05) is 66.3 Å². The van der Waals surface area contributed by atoms with E-state index >= 15 is 0 Å². The number of ether oxygens (including phenoxy) is 1. The lowest BCUT2D eigenvalue weighted by Gasteiger charge is -2.28. The Morgan fingerprint density at radius 2 is 1.58 bits per heavy atom. The van der Waals surface area contributed by atoms with Crippen molar-refractivity contribution in [2.45, 2.75) is 18.4 Å². The van der Waals surface area contributed by atoms with Crippen LogP contribution in [0.5, 0.6) is 0 Å². The van der Waals surface area contributed by atoms with Crippen molar-refractivity contribution in [2.24, 2.45) is 0 Å². The van der Waals surface area contributed by atoms with E-state index in [-0.39, 0.29) is 11.3 Å². The van der Waals surface area contributed by atoms with E-state index in [4.69, 9.17) is 11.2 Å². The lowest BCUT2D eigenvalue weighted by molar-refractivity contribution is -0.384. The normalized spacial score (nSPS) is 11.8. The number of terminal acetylenes is 1. The van der Waals surface area contributed by atoms with Crippen molar-refractivity contribution in [3.8, 4) is 24.2 Å². The molecule has 0 aliphatic carbocycles. The predicted molar refractivity (Wildman–Crippen MR) is 118 cm³/mol. The Morgan fingerprint density at radius 3 is 2.16 bits per heavy atom. The number of hydrogen-bond donors (Lipinski definition) is 0. The van der Waals surface area contributed by atoms with Crippen LogP contribution in [0.2, 0.25) is 0 Å². The molecule has 152 valence electrons. The van der Waals surface area contributed by atoms with E-state index < -0.39 is 16.5 Å². The minimum atomic E-state index is -1.31. The minimum absolute atomic E-state index is 0.112. The van der Waals surface area contributed by atoms with Gasteiger partial charge in [-0.3, -0.25) is 10.1 Å². The summed E-state index contributed by atoms with van der Waals surface area (Å²) in [5.41, 5.74) is 0.298. The van der Waals surface area contributed by atoms with Gasteiger partial charge >= 0.3 is 5.97 Å². The fraction of sp³-hybridized carbons (Fsp3) is 0.115. The average Bonchev–Trinajstić information content (AvgIpc) is 2.82. The zero-order chi connectivity index (χ0) is 22.1. The number of benzene rings is 3. The van der Waals surface area contributed by atoms with Crippen LogP contribution in [0.4, 0.5) is 5.69 Å². The summed E-state index contributed by atoms with van der Waals surface area (Å²) in [7, 11) is 0. The first-order chi connectivity index (χ1) is 15.0. The molecule has 5 nitrogen and oxygen atoms in total. The van der Waals surface area contributed by atoms with Gasteiger partial charge in [0.25, 0.3) is 5.69 Å². The second kappa shape index (κ2) is 9.91. The second-order valence-electron chi connectivity index (χ2n) is 6.70. The van der Waals surface area contributed by atoms with Crippen LogP contribution in [0, 0.1) is 34.3 Å². The Kier molecular flexibility index (Phi) is 6.83. The van der Waals surface area contributed by atoms with Crippen molar-refractivity contribution in [3.05, 3.63) is 112 Å². The molecular weight excluding hydrogens is 390 g/mol. The Balaban J connectivity index is 1.84. The van der Waals surface area contributed by atoms with Crippen LogP contribution in [0.3, 0.4) is 0 Å². The number of nitrogens with zero attached hydrogens (tertiary/aromatic N) is 1. The average molecular weight is 409 g/mol. The van der Waals surface area contributed by atoms with Crippen molar-refractivity contribution >= 4 is 11.7 Å². The molecule has 0 radical (unpaired) electrons. The summed E-state index contributed by atoms with van der Waals surface area (Å²) in [6.45, 7) is 0. The van der Waals surface area contributed by atoms with Crippen molar-refractivity contribution < 1.29 is 14.5 Å². The first-order valence-electron chi connectivity index (χ1n) is 9.59. The van der Waals surface area contributed by atoms with Gasteiger partial charge in [-0.25, -0.2) is 4.79 Å². The van der Waals surface area contributed by atoms with Gasteiger partial charge in [-0.15, -0.1) is 6.42 Å². The van der Waals surface area contributed by atoms with E-state index in [1.54, 1.807) is 12.1 Å². The Labute approximate surface area is 180 Å². The molecular formula is C26H19NO4. The number of nitro groups is 1. The highest BCUT2D eigenvalue weighted by atomic mass is 16.6. The SMILES string of the molecule is C#CC(CCC#Cc1ccccc1)(OC(=O)c1ccc([N+](=O)[O-])cc1)c1ccccc1. The van der Waals surface area contributed by atoms with Gasteiger partial charge in [-0.2, -0.15) is 0 Å². The molecule has 1 unspecified atom stereocenters. The molecule has 3 aromatic carbocycles. The van der Waals surface area contributed by atoms with Gasteiger partial charge in [0.2, 0.25) is 0 Å². The van der Waals surface area contributed by atoms with Gasteiger partial charge in [0.05, 0.1) is 10.5 Å². The van der Waals surface area contributed by atoms with E-state index in [0.717, 1.165) is 5.56 Å². The molecule has 0 N–H and O–H groups in total. The minimum Gasteiger partial charge on any atom is -0.438 e. The molecule has 1 atom stereocenters. The van der Waals surface area contributed by atoms with Crippen molar-refractivity contribution in [1.29, 1.82) is 0 Å². The topological polar surface area (TPSA) is 69.4 Å². The molecule has 0 saturated heterocycles. The van der Waals surface area contributed by atoms with Crippen LogP contribution >= 0.6 is 0 Å². The third kappa shape index (κ3) is 5.38. The third-order valence-electron chi connectivity index (χ3n) is 4.66. The second-order valence-corrected chi connectivity index (χ2v) is 6.70. The molecule has 3 aromatic rings. The maximum absolute atomic E-state index is 12.8. The standard InChI is InChI=1S/C26H19NO4/c1-2-26(23-14-7-4-8-15-23,20-10-9-13-21-11-5-3-6-12-21)31-25(28)22-16-18-24(19-17-22)27(29)30/h1,3-8,11-12,14-19H,10,20H2. The van der Waals surface area contributed by atoms with Crippen LogP contribution in [0.1, 0.15) is 34.3 Å². The molecule has 0 heterocycles. The summed E-state index contributed by atoms with van der Waals surface area (Å²) in [6.07, 6.45) is 6.56. The zero-order valence-corrected chi connectivity index (χ0v) is 16.7. The number of carbonyl (C=O) groups is 1. The molecule has 0 aliphatic rings. The highest BCUT2D eigenvalue weighted by Crippen LogP contribution is 2.31. The molecule has 5 heteroatoms. The van der Waals surface area contributed by atoms with Crippen LogP contribution in [0.25, 0.3) is 0 Å². The number of esters is 1. The highest BCUT2D eigenvalue weighted by Gasteiger charge is 2.34.